The second-order valence-electron chi connectivity index (χ2n) is 6.72. The van der Waals surface area contributed by atoms with Gasteiger partial charge in [-0.1, -0.05) is 12.1 Å². The minimum absolute atomic E-state index is 0.183. The molecule has 3 rings (SSSR count). The molecule has 1 amide bonds. The zero-order valence-corrected chi connectivity index (χ0v) is 17.1. The van der Waals surface area contributed by atoms with Crippen molar-refractivity contribution in [1.29, 1.82) is 0 Å². The highest BCUT2D eigenvalue weighted by Gasteiger charge is 2.33. The first-order valence-electron chi connectivity index (χ1n) is 9.42. The van der Waals surface area contributed by atoms with Crippen LogP contribution in [0.3, 0.4) is 0 Å². The average Bonchev–Trinajstić information content (AvgIpc) is 3.22. The molecule has 0 radical (unpaired) electrons. The topological polar surface area (TPSA) is 100 Å². The maximum Gasteiger partial charge on any atom is 0.243 e. The quantitative estimate of drug-likeness (QED) is 0.658. The Labute approximate surface area is 174 Å². The second kappa shape index (κ2) is 9.30. The SMILES string of the molecule is COc1ccc([C@H]2CC(c3ccc(OC)c(OC)c3)=NN2C(=O)CCC(=O)[O-])cc1. The van der Waals surface area contributed by atoms with E-state index in [-0.39, 0.29) is 24.8 Å². The molecule has 0 saturated heterocycles. The van der Waals surface area contributed by atoms with Crippen LogP contribution in [0.4, 0.5) is 0 Å². The van der Waals surface area contributed by atoms with Gasteiger partial charge in [-0.05, 0) is 42.3 Å². The smallest absolute Gasteiger partial charge is 0.243 e. The van der Waals surface area contributed by atoms with Crippen LogP contribution in [-0.4, -0.2) is 43.9 Å². The Hall–Kier alpha value is -3.55. The lowest BCUT2D eigenvalue weighted by molar-refractivity contribution is -0.305. The Kier molecular flexibility index (Phi) is 6.56. The van der Waals surface area contributed by atoms with Crippen molar-refractivity contribution in [3.05, 3.63) is 53.6 Å². The molecular formula is C22H23N2O6-. The first kappa shape index (κ1) is 21.2. The van der Waals surface area contributed by atoms with E-state index in [2.05, 4.69) is 5.10 Å². The lowest BCUT2D eigenvalue weighted by Crippen LogP contribution is -2.29. The van der Waals surface area contributed by atoms with Crippen LogP contribution in [0.15, 0.2) is 47.6 Å². The lowest BCUT2D eigenvalue weighted by Gasteiger charge is -2.22. The van der Waals surface area contributed by atoms with Gasteiger partial charge in [0, 0.05) is 24.4 Å². The zero-order valence-electron chi connectivity index (χ0n) is 17.1. The van der Waals surface area contributed by atoms with E-state index in [4.69, 9.17) is 14.2 Å². The number of carboxylic acid groups (broad SMARTS) is 1. The predicted octanol–water partition coefficient (Wildman–Crippen LogP) is 1.92. The van der Waals surface area contributed by atoms with Crippen molar-refractivity contribution in [2.24, 2.45) is 5.10 Å². The molecule has 8 nitrogen and oxygen atoms in total. The van der Waals surface area contributed by atoms with Crippen molar-refractivity contribution in [3.8, 4) is 17.2 Å². The third-order valence-electron chi connectivity index (χ3n) is 4.93. The van der Waals surface area contributed by atoms with E-state index in [0.717, 1.165) is 11.1 Å². The van der Waals surface area contributed by atoms with Gasteiger partial charge in [0.25, 0.3) is 0 Å². The molecule has 30 heavy (non-hydrogen) atoms. The van der Waals surface area contributed by atoms with Crippen LogP contribution in [0.2, 0.25) is 0 Å². The third-order valence-corrected chi connectivity index (χ3v) is 4.93. The molecule has 2 aromatic rings. The summed E-state index contributed by atoms with van der Waals surface area (Å²) in [5.74, 6) is 0.199. The fourth-order valence-electron chi connectivity index (χ4n) is 3.34. The summed E-state index contributed by atoms with van der Waals surface area (Å²) in [6, 6.07) is 12.4. The van der Waals surface area contributed by atoms with E-state index in [1.165, 1.54) is 5.01 Å². The number of hydrazone groups is 1. The van der Waals surface area contributed by atoms with Gasteiger partial charge in [0.05, 0.1) is 33.1 Å². The molecule has 1 atom stereocenters. The molecule has 2 aromatic carbocycles. The van der Waals surface area contributed by atoms with E-state index in [1.807, 2.05) is 30.3 Å². The standard InChI is InChI=1S/C22H24N2O6/c1-28-16-7-4-14(5-8-16)18-13-17(23-24(18)21(25)10-11-22(26)27)15-6-9-19(29-2)20(12-15)30-3/h4-9,12,18H,10-11,13H2,1-3H3,(H,26,27)/p-1/t18-/m1/s1. The van der Waals surface area contributed by atoms with E-state index in [9.17, 15) is 14.7 Å². The lowest BCUT2D eigenvalue weighted by atomic mass is 9.98. The van der Waals surface area contributed by atoms with Crippen LogP contribution < -0.4 is 19.3 Å². The highest BCUT2D eigenvalue weighted by molar-refractivity contribution is 6.03. The Morgan fingerprint density at radius 3 is 2.30 bits per heavy atom. The normalized spacial score (nSPS) is 15.5. The number of benzene rings is 2. The number of carbonyl (C=O) groups is 2. The van der Waals surface area contributed by atoms with Crippen molar-refractivity contribution >= 4 is 17.6 Å². The molecule has 158 valence electrons. The molecule has 0 bridgehead atoms. The fraction of sp³-hybridized carbons (Fsp3) is 0.318. The summed E-state index contributed by atoms with van der Waals surface area (Å²) >= 11 is 0. The van der Waals surface area contributed by atoms with Crippen molar-refractivity contribution in [2.45, 2.75) is 25.3 Å². The van der Waals surface area contributed by atoms with E-state index in [1.54, 1.807) is 33.5 Å². The molecule has 8 heteroatoms. The summed E-state index contributed by atoms with van der Waals surface area (Å²) in [4.78, 5) is 23.5. The largest absolute Gasteiger partial charge is 0.550 e. The van der Waals surface area contributed by atoms with Crippen molar-refractivity contribution < 1.29 is 28.9 Å². The minimum atomic E-state index is -1.27. The van der Waals surface area contributed by atoms with Crippen LogP contribution in [-0.2, 0) is 9.59 Å². The van der Waals surface area contributed by atoms with Crippen LogP contribution in [0, 0.1) is 0 Å². The summed E-state index contributed by atoms with van der Waals surface area (Å²) < 4.78 is 15.8. The molecule has 1 aliphatic rings. The van der Waals surface area contributed by atoms with Crippen molar-refractivity contribution in [3.63, 3.8) is 0 Å². The molecule has 0 fully saturated rings. The molecule has 0 aliphatic carbocycles. The molecule has 0 aromatic heterocycles. The zero-order chi connectivity index (χ0) is 21.7. The highest BCUT2D eigenvalue weighted by atomic mass is 16.5. The van der Waals surface area contributed by atoms with Gasteiger partial charge in [0.1, 0.15) is 5.75 Å². The van der Waals surface area contributed by atoms with Crippen LogP contribution in [0.1, 0.15) is 36.4 Å². The summed E-state index contributed by atoms with van der Waals surface area (Å²) in [6.07, 6.45) is -0.0670. The minimum Gasteiger partial charge on any atom is -0.550 e. The first-order chi connectivity index (χ1) is 14.5. The van der Waals surface area contributed by atoms with Gasteiger partial charge in [-0.15, -0.1) is 0 Å². The van der Waals surface area contributed by atoms with Gasteiger partial charge in [0.15, 0.2) is 11.5 Å². The third kappa shape index (κ3) is 4.53. The Morgan fingerprint density at radius 2 is 1.70 bits per heavy atom. The monoisotopic (exact) mass is 411 g/mol. The molecule has 1 heterocycles. The number of hydrogen-bond donors (Lipinski definition) is 0. The number of nitrogens with zero attached hydrogens (tertiary/aromatic N) is 2. The number of ether oxygens (including phenoxy) is 3. The highest BCUT2D eigenvalue weighted by Crippen LogP contribution is 2.36. The number of carboxylic acids is 1. The summed E-state index contributed by atoms with van der Waals surface area (Å²) in [5, 5.41) is 16.7. The number of carbonyl (C=O) groups excluding carboxylic acids is 2. The number of rotatable bonds is 8. The number of amides is 1. The Morgan fingerprint density at radius 1 is 1.00 bits per heavy atom. The predicted molar refractivity (Wildman–Crippen MR) is 108 cm³/mol. The summed E-state index contributed by atoms with van der Waals surface area (Å²) in [6.45, 7) is 0. The van der Waals surface area contributed by atoms with Crippen LogP contribution in [0.5, 0.6) is 17.2 Å². The molecule has 0 N–H and O–H groups in total. The number of methoxy groups -OCH3 is 3. The van der Waals surface area contributed by atoms with Crippen molar-refractivity contribution in [1.82, 2.24) is 5.01 Å². The maximum atomic E-state index is 12.7. The molecule has 0 saturated carbocycles. The summed E-state index contributed by atoms with van der Waals surface area (Å²) in [5.41, 5.74) is 2.36. The molecule has 1 aliphatic heterocycles. The van der Waals surface area contributed by atoms with Gasteiger partial charge in [-0.2, -0.15) is 5.10 Å². The van der Waals surface area contributed by atoms with E-state index < -0.39 is 5.97 Å². The fourth-order valence-corrected chi connectivity index (χ4v) is 3.34. The maximum absolute atomic E-state index is 12.7. The van der Waals surface area contributed by atoms with Crippen molar-refractivity contribution in [2.75, 3.05) is 21.3 Å². The van der Waals surface area contributed by atoms with Gasteiger partial charge in [0.2, 0.25) is 5.91 Å². The number of hydrogen-bond acceptors (Lipinski definition) is 7. The van der Waals surface area contributed by atoms with Gasteiger partial charge in [-0.3, -0.25) is 4.79 Å². The first-order valence-corrected chi connectivity index (χ1v) is 9.42. The number of aliphatic carboxylic acids is 1. The average molecular weight is 411 g/mol. The van der Waals surface area contributed by atoms with E-state index >= 15 is 0 Å². The van der Waals surface area contributed by atoms with Gasteiger partial charge >= 0.3 is 0 Å². The van der Waals surface area contributed by atoms with E-state index in [0.29, 0.717) is 29.4 Å². The Balaban J connectivity index is 1.93. The van der Waals surface area contributed by atoms with Crippen LogP contribution >= 0.6 is 0 Å². The van der Waals surface area contributed by atoms with Gasteiger partial charge in [-0.25, -0.2) is 5.01 Å². The second-order valence-corrected chi connectivity index (χ2v) is 6.72. The van der Waals surface area contributed by atoms with Gasteiger partial charge < -0.3 is 24.1 Å². The summed E-state index contributed by atoms with van der Waals surface area (Å²) in [7, 11) is 4.69. The Bertz CT molecular complexity index is 955. The molecule has 0 spiro atoms. The van der Waals surface area contributed by atoms with Crippen LogP contribution in [0.25, 0.3) is 0 Å². The molecular weight excluding hydrogens is 388 g/mol. The molecule has 0 unspecified atom stereocenters.